The number of ketones is 1. The number of thiazole rings is 1. The molecule has 1 N–H and O–H groups in total. The maximum absolute atomic E-state index is 13.6. The second-order valence-electron chi connectivity index (χ2n) is 9.14. The number of aliphatic hydroxyl groups excluding tert-OH is 1. The minimum Gasteiger partial charge on any atom is -0.507 e. The Bertz CT molecular complexity index is 1500. The highest BCUT2D eigenvalue weighted by Gasteiger charge is 2.48. The number of hydrogen-bond donors (Lipinski definition) is 1. The zero-order chi connectivity index (χ0) is 29.7. The van der Waals surface area contributed by atoms with Gasteiger partial charge in [-0.3, -0.25) is 14.5 Å². The van der Waals surface area contributed by atoms with Gasteiger partial charge in [-0.15, -0.1) is 0 Å². The summed E-state index contributed by atoms with van der Waals surface area (Å²) in [5, 5.41) is 11.6. The standard InChI is InChI=1S/C30H32N2O8S/c1-6-8-14-40-20-11-9-10-19(15-20)25(33)23-24(18-12-13-21(37-4)22(16-18)38-5)32(28(35)26(23)34)30-31-17(3)27(41-30)29(36)39-7-2/h9-13,15-16,24,33H,6-8,14H2,1-5H3. The number of nitrogens with zero attached hydrogens (tertiary/aromatic N) is 2. The van der Waals surface area contributed by atoms with Crippen LogP contribution in [0.2, 0.25) is 0 Å². The molecule has 41 heavy (non-hydrogen) atoms. The Morgan fingerprint density at radius 3 is 2.51 bits per heavy atom. The second kappa shape index (κ2) is 12.9. The fourth-order valence-electron chi connectivity index (χ4n) is 4.46. The fraction of sp³-hybridized carbons (Fsp3) is 0.333. The number of aliphatic hydroxyl groups is 1. The second-order valence-corrected chi connectivity index (χ2v) is 10.1. The lowest BCUT2D eigenvalue weighted by Gasteiger charge is -2.24. The van der Waals surface area contributed by atoms with Gasteiger partial charge in [-0.1, -0.05) is 42.9 Å². The highest BCUT2D eigenvalue weighted by atomic mass is 32.1. The van der Waals surface area contributed by atoms with Crippen molar-refractivity contribution in [2.75, 3.05) is 32.3 Å². The molecule has 1 aliphatic heterocycles. The van der Waals surface area contributed by atoms with Crippen molar-refractivity contribution in [2.24, 2.45) is 0 Å². The van der Waals surface area contributed by atoms with Gasteiger partial charge >= 0.3 is 11.9 Å². The Hall–Kier alpha value is -4.38. The number of benzene rings is 2. The first-order valence-corrected chi connectivity index (χ1v) is 14.0. The number of carbonyl (C=O) groups excluding carboxylic acids is 3. The van der Waals surface area contributed by atoms with Crippen molar-refractivity contribution in [1.29, 1.82) is 0 Å². The number of methoxy groups -OCH3 is 2. The molecule has 3 aromatic rings. The molecular weight excluding hydrogens is 548 g/mol. The Morgan fingerprint density at radius 1 is 1.07 bits per heavy atom. The average molecular weight is 581 g/mol. The molecule has 2 heterocycles. The Balaban J connectivity index is 1.89. The van der Waals surface area contributed by atoms with Crippen LogP contribution in [0.1, 0.15) is 59.2 Å². The number of ether oxygens (including phenoxy) is 4. The maximum Gasteiger partial charge on any atom is 0.350 e. The van der Waals surface area contributed by atoms with Gasteiger partial charge in [0.15, 0.2) is 16.6 Å². The first-order valence-electron chi connectivity index (χ1n) is 13.2. The topological polar surface area (TPSA) is 124 Å². The third-order valence-corrected chi connectivity index (χ3v) is 7.63. The highest BCUT2D eigenvalue weighted by molar-refractivity contribution is 7.17. The number of anilines is 1. The maximum atomic E-state index is 13.6. The van der Waals surface area contributed by atoms with E-state index in [1.54, 1.807) is 56.3 Å². The van der Waals surface area contributed by atoms with Gasteiger partial charge in [0.1, 0.15) is 16.4 Å². The first-order chi connectivity index (χ1) is 19.7. The van der Waals surface area contributed by atoms with Crippen LogP contribution < -0.4 is 19.1 Å². The molecule has 1 amide bonds. The predicted molar refractivity (Wildman–Crippen MR) is 154 cm³/mol. The summed E-state index contributed by atoms with van der Waals surface area (Å²) in [4.78, 5) is 45.5. The van der Waals surface area contributed by atoms with Crippen LogP contribution in [0.25, 0.3) is 5.76 Å². The molecule has 0 spiro atoms. The predicted octanol–water partition coefficient (Wildman–Crippen LogP) is 5.45. The van der Waals surface area contributed by atoms with Crippen LogP contribution in [-0.2, 0) is 14.3 Å². The van der Waals surface area contributed by atoms with Crippen molar-refractivity contribution in [3.63, 3.8) is 0 Å². The highest BCUT2D eigenvalue weighted by Crippen LogP contribution is 2.45. The number of rotatable bonds is 11. The molecule has 1 fully saturated rings. The fourth-order valence-corrected chi connectivity index (χ4v) is 5.45. The lowest BCUT2D eigenvalue weighted by Crippen LogP contribution is -2.29. The Morgan fingerprint density at radius 2 is 1.83 bits per heavy atom. The van der Waals surface area contributed by atoms with Crippen molar-refractivity contribution in [3.8, 4) is 17.2 Å². The minimum absolute atomic E-state index is 0.114. The molecule has 10 nitrogen and oxygen atoms in total. The number of aryl methyl sites for hydroxylation is 1. The number of amides is 1. The van der Waals surface area contributed by atoms with Gasteiger partial charge in [0.25, 0.3) is 5.78 Å². The number of hydrogen-bond acceptors (Lipinski definition) is 10. The molecule has 1 aliphatic rings. The van der Waals surface area contributed by atoms with Crippen molar-refractivity contribution in [1.82, 2.24) is 4.98 Å². The van der Waals surface area contributed by atoms with Crippen molar-refractivity contribution >= 4 is 39.9 Å². The lowest BCUT2D eigenvalue weighted by molar-refractivity contribution is -0.132. The van der Waals surface area contributed by atoms with E-state index in [9.17, 15) is 19.5 Å². The summed E-state index contributed by atoms with van der Waals surface area (Å²) >= 11 is 0.937. The van der Waals surface area contributed by atoms with E-state index in [2.05, 4.69) is 11.9 Å². The molecule has 1 aromatic heterocycles. The molecule has 1 saturated heterocycles. The first kappa shape index (κ1) is 29.6. The van der Waals surface area contributed by atoms with Gasteiger partial charge in [0.05, 0.1) is 44.7 Å². The third-order valence-electron chi connectivity index (χ3n) is 6.49. The zero-order valence-corrected chi connectivity index (χ0v) is 24.4. The number of esters is 1. The van der Waals surface area contributed by atoms with E-state index < -0.39 is 23.7 Å². The van der Waals surface area contributed by atoms with Gasteiger partial charge in [0.2, 0.25) is 0 Å². The smallest absolute Gasteiger partial charge is 0.350 e. The summed E-state index contributed by atoms with van der Waals surface area (Å²) in [5.41, 5.74) is 0.987. The normalized spacial score (nSPS) is 16.1. The number of Topliss-reactive ketones (excluding diaryl/α,β-unsaturated/α-hetero) is 1. The summed E-state index contributed by atoms with van der Waals surface area (Å²) in [6, 6.07) is 10.6. The summed E-state index contributed by atoms with van der Waals surface area (Å²) in [7, 11) is 2.97. The largest absolute Gasteiger partial charge is 0.507 e. The quantitative estimate of drug-likeness (QED) is 0.104. The van der Waals surface area contributed by atoms with E-state index in [0.717, 1.165) is 24.2 Å². The summed E-state index contributed by atoms with van der Waals surface area (Å²) < 4.78 is 21.8. The molecule has 216 valence electrons. The number of aromatic nitrogens is 1. The van der Waals surface area contributed by atoms with Crippen LogP contribution in [0.15, 0.2) is 48.0 Å². The van der Waals surface area contributed by atoms with Crippen LogP contribution in [0.5, 0.6) is 17.2 Å². The molecule has 1 atom stereocenters. The molecule has 0 aliphatic carbocycles. The van der Waals surface area contributed by atoms with Gasteiger partial charge < -0.3 is 24.1 Å². The van der Waals surface area contributed by atoms with Gasteiger partial charge in [-0.25, -0.2) is 9.78 Å². The lowest BCUT2D eigenvalue weighted by atomic mass is 9.95. The average Bonchev–Trinajstić information content (AvgIpc) is 3.48. The monoisotopic (exact) mass is 580 g/mol. The molecule has 0 radical (unpaired) electrons. The molecule has 4 rings (SSSR count). The van der Waals surface area contributed by atoms with E-state index in [0.29, 0.717) is 40.7 Å². The molecule has 11 heteroatoms. The van der Waals surface area contributed by atoms with Crippen LogP contribution in [-0.4, -0.2) is 55.2 Å². The van der Waals surface area contributed by atoms with Crippen LogP contribution in [0, 0.1) is 6.92 Å². The zero-order valence-electron chi connectivity index (χ0n) is 23.6. The molecule has 0 bridgehead atoms. The van der Waals surface area contributed by atoms with Crippen molar-refractivity contribution < 1.29 is 38.4 Å². The summed E-state index contributed by atoms with van der Waals surface area (Å²) in [6.07, 6.45) is 1.82. The van der Waals surface area contributed by atoms with Crippen LogP contribution in [0.3, 0.4) is 0 Å². The van der Waals surface area contributed by atoms with E-state index in [1.807, 2.05) is 0 Å². The SMILES string of the molecule is CCCCOc1cccc(C(O)=C2C(=O)C(=O)N(c3nc(C)c(C(=O)OCC)s3)C2c2ccc(OC)c(OC)c2)c1. The van der Waals surface area contributed by atoms with E-state index in [-0.39, 0.29) is 27.9 Å². The van der Waals surface area contributed by atoms with Gasteiger partial charge in [0, 0.05) is 5.56 Å². The van der Waals surface area contributed by atoms with Crippen molar-refractivity contribution in [2.45, 2.75) is 39.7 Å². The Labute approximate surface area is 242 Å². The van der Waals surface area contributed by atoms with E-state index in [1.165, 1.54) is 19.1 Å². The van der Waals surface area contributed by atoms with Crippen LogP contribution in [0.4, 0.5) is 5.13 Å². The molecule has 1 unspecified atom stereocenters. The van der Waals surface area contributed by atoms with E-state index >= 15 is 0 Å². The Kier molecular flexibility index (Phi) is 9.28. The van der Waals surface area contributed by atoms with Crippen molar-refractivity contribution in [3.05, 3.63) is 69.7 Å². The third kappa shape index (κ3) is 5.90. The number of unbranched alkanes of at least 4 members (excludes halogenated alkanes) is 1. The van der Waals surface area contributed by atoms with Gasteiger partial charge in [-0.2, -0.15) is 0 Å². The number of carbonyl (C=O) groups is 3. The summed E-state index contributed by atoms with van der Waals surface area (Å²) in [5.74, 6) is -1.41. The van der Waals surface area contributed by atoms with Crippen LogP contribution >= 0.6 is 11.3 Å². The minimum atomic E-state index is -1.08. The molecule has 2 aromatic carbocycles. The molecule has 0 saturated carbocycles. The van der Waals surface area contributed by atoms with E-state index in [4.69, 9.17) is 18.9 Å². The van der Waals surface area contributed by atoms with Gasteiger partial charge in [-0.05, 0) is 50.1 Å². The molecular formula is C30H32N2O8S. The summed E-state index contributed by atoms with van der Waals surface area (Å²) in [6.45, 7) is 6.04.